The van der Waals surface area contributed by atoms with Gasteiger partial charge in [-0.25, -0.2) is 0 Å². The molecule has 0 amide bonds. The van der Waals surface area contributed by atoms with E-state index in [4.69, 9.17) is 0 Å². The second-order valence-corrected chi connectivity index (χ2v) is 6.68. The van der Waals surface area contributed by atoms with Crippen molar-refractivity contribution in [1.82, 2.24) is 10.3 Å². The Morgan fingerprint density at radius 1 is 1.24 bits per heavy atom. The molecule has 1 unspecified atom stereocenters. The third kappa shape index (κ3) is 1.46. The molecule has 92 valence electrons. The largest absolute Gasteiger partial charge is 0.305 e. The first-order valence-electron chi connectivity index (χ1n) is 6.64. The predicted octanol–water partition coefficient (Wildman–Crippen LogP) is 3.09. The van der Waals surface area contributed by atoms with Gasteiger partial charge < -0.3 is 5.32 Å². The number of hydrogen-bond donors (Lipinski definition) is 1. The number of hydrogen-bond acceptors (Lipinski definition) is 2. The van der Waals surface area contributed by atoms with Crippen LogP contribution in [0.15, 0.2) is 18.3 Å². The molecule has 1 saturated carbocycles. The number of aromatic nitrogens is 1. The van der Waals surface area contributed by atoms with Crippen LogP contribution in [0, 0.1) is 10.8 Å². The van der Waals surface area contributed by atoms with Crippen molar-refractivity contribution in [2.45, 2.75) is 52.6 Å². The number of rotatable bonds is 2. The Bertz CT molecular complexity index is 434. The van der Waals surface area contributed by atoms with Crippen LogP contribution in [0.5, 0.6) is 0 Å². The van der Waals surface area contributed by atoms with E-state index in [0.29, 0.717) is 22.9 Å². The Morgan fingerprint density at radius 3 is 2.59 bits per heavy atom. The van der Waals surface area contributed by atoms with Crippen LogP contribution >= 0.6 is 0 Å². The van der Waals surface area contributed by atoms with Crippen LogP contribution in [-0.4, -0.2) is 11.0 Å². The molecule has 1 aromatic rings. The van der Waals surface area contributed by atoms with Crippen LogP contribution in [0.1, 0.15) is 51.4 Å². The van der Waals surface area contributed by atoms with Crippen LogP contribution in [0.2, 0.25) is 0 Å². The average molecular weight is 230 g/mol. The fraction of sp³-hybridized carbons (Fsp3) is 0.667. The first-order chi connectivity index (χ1) is 7.94. The van der Waals surface area contributed by atoms with E-state index < -0.39 is 0 Å². The van der Waals surface area contributed by atoms with Gasteiger partial charge in [-0.1, -0.05) is 33.8 Å². The van der Waals surface area contributed by atoms with E-state index in [-0.39, 0.29) is 0 Å². The number of nitrogens with zero attached hydrogens (tertiary/aromatic N) is 1. The normalized spacial score (nSPS) is 29.1. The summed E-state index contributed by atoms with van der Waals surface area (Å²) in [6.45, 7) is 9.44. The minimum Gasteiger partial charge on any atom is -0.305 e. The van der Waals surface area contributed by atoms with Crippen molar-refractivity contribution < 1.29 is 0 Å². The van der Waals surface area contributed by atoms with Gasteiger partial charge in [0.1, 0.15) is 0 Å². The summed E-state index contributed by atoms with van der Waals surface area (Å²) >= 11 is 0. The maximum absolute atomic E-state index is 4.55. The highest BCUT2D eigenvalue weighted by Crippen LogP contribution is 2.63. The van der Waals surface area contributed by atoms with E-state index in [1.54, 1.807) is 0 Å². The molecule has 1 fully saturated rings. The summed E-state index contributed by atoms with van der Waals surface area (Å²) in [6.07, 6.45) is 4.30. The number of fused-ring (bicyclic) bond motifs is 1. The predicted molar refractivity (Wildman–Crippen MR) is 69.8 cm³/mol. The van der Waals surface area contributed by atoms with E-state index in [9.17, 15) is 0 Å². The van der Waals surface area contributed by atoms with Gasteiger partial charge in [0.25, 0.3) is 0 Å². The Labute approximate surface area is 104 Å². The van der Waals surface area contributed by atoms with Gasteiger partial charge in [-0.15, -0.1) is 0 Å². The molecule has 0 spiro atoms. The quantitative estimate of drug-likeness (QED) is 0.844. The molecule has 2 aliphatic rings. The van der Waals surface area contributed by atoms with Crippen molar-refractivity contribution in [3.05, 3.63) is 29.6 Å². The highest BCUT2D eigenvalue weighted by Gasteiger charge is 2.65. The molecule has 0 aromatic carbocycles. The van der Waals surface area contributed by atoms with Gasteiger partial charge in [0.05, 0.1) is 11.7 Å². The standard InChI is InChI=1S/C15H22N2/c1-14(2)13(15(14,3)4)17-11-8-7-10-6-5-9-16-12(10)11/h5-6,9,11,13,17H,7-8H2,1-4H3. The Hall–Kier alpha value is -0.890. The fourth-order valence-electron chi connectivity index (χ4n) is 3.39. The molecule has 0 saturated heterocycles. The Balaban J connectivity index is 1.78. The molecule has 2 nitrogen and oxygen atoms in total. The van der Waals surface area contributed by atoms with Crippen molar-refractivity contribution in [1.29, 1.82) is 0 Å². The molecule has 0 radical (unpaired) electrons. The molecule has 3 rings (SSSR count). The summed E-state index contributed by atoms with van der Waals surface area (Å²) in [5.41, 5.74) is 3.53. The molecule has 0 bridgehead atoms. The molecule has 2 heteroatoms. The van der Waals surface area contributed by atoms with Crippen LogP contribution < -0.4 is 5.32 Å². The van der Waals surface area contributed by atoms with Gasteiger partial charge in [-0.05, 0) is 35.3 Å². The van der Waals surface area contributed by atoms with Gasteiger partial charge in [-0.2, -0.15) is 0 Å². The zero-order valence-electron chi connectivity index (χ0n) is 11.2. The molecule has 1 heterocycles. The minimum atomic E-state index is 0.407. The van der Waals surface area contributed by atoms with Crippen molar-refractivity contribution in [3.63, 3.8) is 0 Å². The van der Waals surface area contributed by atoms with Crippen LogP contribution in [0.25, 0.3) is 0 Å². The smallest absolute Gasteiger partial charge is 0.0605 e. The highest BCUT2D eigenvalue weighted by molar-refractivity contribution is 5.29. The lowest BCUT2D eigenvalue weighted by molar-refractivity contribution is 0.457. The first-order valence-corrected chi connectivity index (χ1v) is 6.64. The van der Waals surface area contributed by atoms with Gasteiger partial charge in [0.2, 0.25) is 0 Å². The van der Waals surface area contributed by atoms with Crippen LogP contribution in [0.4, 0.5) is 0 Å². The number of nitrogens with one attached hydrogen (secondary N) is 1. The monoisotopic (exact) mass is 230 g/mol. The molecule has 1 aromatic heterocycles. The fourth-order valence-corrected chi connectivity index (χ4v) is 3.39. The molecule has 1 atom stereocenters. The summed E-state index contributed by atoms with van der Waals surface area (Å²) in [4.78, 5) is 4.55. The third-order valence-electron chi connectivity index (χ3n) is 5.35. The van der Waals surface area contributed by atoms with E-state index in [2.05, 4.69) is 44.1 Å². The molecule has 2 aliphatic carbocycles. The van der Waals surface area contributed by atoms with Gasteiger partial charge in [-0.3, -0.25) is 4.98 Å². The zero-order valence-corrected chi connectivity index (χ0v) is 11.2. The second kappa shape index (κ2) is 3.32. The third-order valence-corrected chi connectivity index (χ3v) is 5.35. The SMILES string of the molecule is CC1(C)C(NC2CCc3cccnc32)C1(C)C. The molecule has 0 aliphatic heterocycles. The minimum absolute atomic E-state index is 0.407. The summed E-state index contributed by atoms with van der Waals surface area (Å²) in [6, 6.07) is 5.35. The molecular weight excluding hydrogens is 208 g/mol. The van der Waals surface area contributed by atoms with E-state index in [0.717, 1.165) is 0 Å². The lowest BCUT2D eigenvalue weighted by atomic mass is 10.0. The van der Waals surface area contributed by atoms with Crippen molar-refractivity contribution in [2.24, 2.45) is 10.8 Å². The second-order valence-electron chi connectivity index (χ2n) is 6.68. The summed E-state index contributed by atoms with van der Waals surface area (Å²) in [7, 11) is 0. The molecular formula is C15H22N2. The molecule has 17 heavy (non-hydrogen) atoms. The van der Waals surface area contributed by atoms with E-state index in [1.165, 1.54) is 24.1 Å². The van der Waals surface area contributed by atoms with Crippen molar-refractivity contribution >= 4 is 0 Å². The van der Waals surface area contributed by atoms with E-state index >= 15 is 0 Å². The van der Waals surface area contributed by atoms with Crippen LogP contribution in [-0.2, 0) is 6.42 Å². The van der Waals surface area contributed by atoms with Crippen molar-refractivity contribution in [3.8, 4) is 0 Å². The Morgan fingerprint density at radius 2 is 1.94 bits per heavy atom. The van der Waals surface area contributed by atoms with Crippen molar-refractivity contribution in [2.75, 3.05) is 0 Å². The highest BCUT2D eigenvalue weighted by atomic mass is 15.1. The Kier molecular flexibility index (Phi) is 2.19. The van der Waals surface area contributed by atoms with E-state index in [1.807, 2.05) is 12.3 Å². The topological polar surface area (TPSA) is 24.9 Å². The molecule has 1 N–H and O–H groups in total. The summed E-state index contributed by atoms with van der Waals surface area (Å²) < 4.78 is 0. The number of pyridine rings is 1. The summed E-state index contributed by atoms with van der Waals surface area (Å²) in [5, 5.41) is 3.83. The lowest BCUT2D eigenvalue weighted by Gasteiger charge is -2.14. The summed E-state index contributed by atoms with van der Waals surface area (Å²) in [5.74, 6) is 0. The first kappa shape index (κ1) is 11.2. The zero-order chi connectivity index (χ0) is 12.3. The number of aryl methyl sites for hydroxylation is 1. The average Bonchev–Trinajstić information content (AvgIpc) is 2.65. The maximum atomic E-state index is 4.55. The lowest BCUT2D eigenvalue weighted by Crippen LogP contribution is -2.26. The van der Waals surface area contributed by atoms with Gasteiger partial charge in [0.15, 0.2) is 0 Å². The maximum Gasteiger partial charge on any atom is 0.0605 e. The van der Waals surface area contributed by atoms with Crippen LogP contribution in [0.3, 0.4) is 0 Å². The van der Waals surface area contributed by atoms with Gasteiger partial charge in [0, 0.05) is 12.2 Å². The van der Waals surface area contributed by atoms with Gasteiger partial charge >= 0.3 is 0 Å².